The number of allylic oxidation sites excluding steroid dienone is 1. The summed E-state index contributed by atoms with van der Waals surface area (Å²) in [6, 6.07) is 0. The van der Waals surface area contributed by atoms with Crippen LogP contribution in [0.25, 0.3) is 0 Å². The van der Waals surface area contributed by atoms with Gasteiger partial charge in [-0.25, -0.2) is 8.42 Å². The van der Waals surface area contributed by atoms with E-state index in [-0.39, 0.29) is 17.3 Å². The average molecular weight is 265 g/mol. The highest BCUT2D eigenvalue weighted by Gasteiger charge is 2.27. The second-order valence-electron chi connectivity index (χ2n) is 3.77. The van der Waals surface area contributed by atoms with Crippen LogP contribution < -0.4 is 0 Å². The number of sulfone groups is 1. The highest BCUT2D eigenvalue weighted by Crippen LogP contribution is 2.19. The average Bonchev–Trinajstić information content (AvgIpc) is 2.43. The molecule has 0 saturated carbocycles. The summed E-state index contributed by atoms with van der Waals surface area (Å²) in [5.74, 6) is 0.235. The Bertz CT molecular complexity index is 543. The topological polar surface area (TPSA) is 89.9 Å². The van der Waals surface area contributed by atoms with Gasteiger partial charge in [0, 0.05) is 0 Å². The van der Waals surface area contributed by atoms with Gasteiger partial charge in [-0.1, -0.05) is 0 Å². The number of nitrogens with zero attached hydrogens (tertiary/aromatic N) is 1. The van der Waals surface area contributed by atoms with Crippen LogP contribution in [-0.4, -0.2) is 40.7 Å². The van der Waals surface area contributed by atoms with E-state index in [2.05, 4.69) is 4.40 Å². The molecule has 0 amide bonds. The smallest absolute Gasteiger partial charge is 0.279 e. The van der Waals surface area contributed by atoms with Crippen LogP contribution in [0.4, 0.5) is 0 Å². The van der Waals surface area contributed by atoms with Gasteiger partial charge >= 0.3 is 0 Å². The van der Waals surface area contributed by atoms with Gasteiger partial charge in [0.05, 0.1) is 23.1 Å². The first-order valence-electron chi connectivity index (χ1n) is 4.75. The standard InChI is InChI=1S/C8H11NO5S2/c10-15(11)3-1-2-7(5-15)14-8-4-9-16(12,13)6-8/h4,6-7H,1-3,5H2. The molecule has 0 aliphatic carbocycles. The van der Waals surface area contributed by atoms with Crippen LogP contribution in [0.1, 0.15) is 12.8 Å². The molecule has 0 aromatic carbocycles. The molecule has 6 nitrogen and oxygen atoms in total. The van der Waals surface area contributed by atoms with E-state index in [1.807, 2.05) is 0 Å². The maximum atomic E-state index is 11.3. The Morgan fingerprint density at radius 3 is 2.62 bits per heavy atom. The summed E-state index contributed by atoms with van der Waals surface area (Å²) >= 11 is 0. The van der Waals surface area contributed by atoms with Crippen molar-refractivity contribution in [3.63, 3.8) is 0 Å². The van der Waals surface area contributed by atoms with Crippen LogP contribution >= 0.6 is 0 Å². The van der Waals surface area contributed by atoms with Crippen LogP contribution in [0.5, 0.6) is 0 Å². The molecule has 90 valence electrons. The summed E-state index contributed by atoms with van der Waals surface area (Å²) in [6.07, 6.45) is 1.79. The zero-order valence-electron chi connectivity index (χ0n) is 8.37. The Morgan fingerprint density at radius 1 is 1.31 bits per heavy atom. The van der Waals surface area contributed by atoms with E-state index in [4.69, 9.17) is 4.74 Å². The summed E-state index contributed by atoms with van der Waals surface area (Å²) in [7, 11) is -6.59. The van der Waals surface area contributed by atoms with Crippen molar-refractivity contribution in [2.75, 3.05) is 11.5 Å². The summed E-state index contributed by atoms with van der Waals surface area (Å²) in [6.45, 7) is 0. The fourth-order valence-corrected chi connectivity index (χ4v) is 3.95. The van der Waals surface area contributed by atoms with E-state index in [9.17, 15) is 16.8 Å². The second-order valence-corrected chi connectivity index (χ2v) is 7.47. The predicted octanol–water partition coefficient (Wildman–Crippen LogP) is -0.164. The third-order valence-corrected chi connectivity index (χ3v) is 5.04. The highest BCUT2D eigenvalue weighted by molar-refractivity contribution is 7.93. The molecule has 8 heteroatoms. The maximum absolute atomic E-state index is 11.3. The quantitative estimate of drug-likeness (QED) is 0.691. The zero-order valence-corrected chi connectivity index (χ0v) is 10.00. The summed E-state index contributed by atoms with van der Waals surface area (Å²) in [5.41, 5.74) is 0. The molecule has 1 unspecified atom stereocenters. The minimum Gasteiger partial charge on any atom is -0.487 e. The van der Waals surface area contributed by atoms with Crippen LogP contribution in [0.2, 0.25) is 0 Å². The second kappa shape index (κ2) is 3.85. The van der Waals surface area contributed by atoms with E-state index in [1.165, 1.54) is 0 Å². The minimum atomic E-state index is -3.54. The normalized spacial score (nSPS) is 31.0. The lowest BCUT2D eigenvalue weighted by atomic mass is 10.2. The Hall–Kier alpha value is -0.890. The maximum Gasteiger partial charge on any atom is 0.279 e. The summed E-state index contributed by atoms with van der Waals surface area (Å²) < 4.78 is 53.0. The van der Waals surface area contributed by atoms with Gasteiger partial charge in [-0.3, -0.25) is 0 Å². The molecule has 1 saturated heterocycles. The van der Waals surface area contributed by atoms with Crippen LogP contribution in [0, 0.1) is 0 Å². The highest BCUT2D eigenvalue weighted by atomic mass is 32.2. The predicted molar refractivity (Wildman–Crippen MR) is 58.3 cm³/mol. The molecule has 0 spiro atoms. The van der Waals surface area contributed by atoms with Crippen molar-refractivity contribution >= 4 is 26.1 Å². The summed E-state index contributed by atoms with van der Waals surface area (Å²) in [5, 5.41) is 0.897. The molecule has 0 N–H and O–H groups in total. The monoisotopic (exact) mass is 265 g/mol. The first kappa shape index (κ1) is 11.6. The van der Waals surface area contributed by atoms with E-state index >= 15 is 0 Å². The van der Waals surface area contributed by atoms with Crippen molar-refractivity contribution in [2.24, 2.45) is 4.40 Å². The lowest BCUT2D eigenvalue weighted by Crippen LogP contribution is -2.31. The number of hydrogen-bond acceptors (Lipinski definition) is 5. The van der Waals surface area contributed by atoms with Gasteiger partial charge in [0.1, 0.15) is 6.10 Å². The molecule has 0 aromatic rings. The van der Waals surface area contributed by atoms with E-state index < -0.39 is 26.0 Å². The van der Waals surface area contributed by atoms with Crippen molar-refractivity contribution in [3.05, 3.63) is 11.2 Å². The van der Waals surface area contributed by atoms with Gasteiger partial charge in [-0.15, -0.1) is 0 Å². The van der Waals surface area contributed by atoms with Crippen molar-refractivity contribution in [1.29, 1.82) is 0 Å². The molecule has 1 atom stereocenters. The van der Waals surface area contributed by atoms with Crippen molar-refractivity contribution < 1.29 is 21.6 Å². The van der Waals surface area contributed by atoms with Gasteiger partial charge in [0.25, 0.3) is 10.0 Å². The minimum absolute atomic E-state index is 0.0573. The molecule has 0 radical (unpaired) electrons. The molecule has 2 aliphatic heterocycles. The van der Waals surface area contributed by atoms with Crippen molar-refractivity contribution in [2.45, 2.75) is 18.9 Å². The van der Waals surface area contributed by atoms with Gasteiger partial charge in [0.15, 0.2) is 15.6 Å². The molecule has 16 heavy (non-hydrogen) atoms. The van der Waals surface area contributed by atoms with Gasteiger partial charge in [0.2, 0.25) is 0 Å². The Kier molecular flexibility index (Phi) is 2.79. The van der Waals surface area contributed by atoms with E-state index in [1.54, 1.807) is 0 Å². The Morgan fingerprint density at radius 2 is 2.06 bits per heavy atom. The van der Waals surface area contributed by atoms with Gasteiger partial charge in [-0.05, 0) is 12.8 Å². The van der Waals surface area contributed by atoms with Crippen molar-refractivity contribution in [1.82, 2.24) is 0 Å². The van der Waals surface area contributed by atoms with Crippen LogP contribution in [0.15, 0.2) is 15.6 Å². The van der Waals surface area contributed by atoms with Crippen molar-refractivity contribution in [3.8, 4) is 0 Å². The first-order valence-corrected chi connectivity index (χ1v) is 8.08. The lowest BCUT2D eigenvalue weighted by Gasteiger charge is -2.22. The number of sulfonamides is 1. The third-order valence-electron chi connectivity index (χ3n) is 2.32. The summed E-state index contributed by atoms with van der Waals surface area (Å²) in [4.78, 5) is 0. The molecular weight excluding hydrogens is 254 g/mol. The lowest BCUT2D eigenvalue weighted by molar-refractivity contribution is 0.138. The molecular formula is C8H11NO5S2. The fourth-order valence-electron chi connectivity index (χ4n) is 1.66. The van der Waals surface area contributed by atoms with E-state index in [0.29, 0.717) is 12.8 Å². The molecule has 2 aliphatic rings. The molecule has 0 bridgehead atoms. The molecule has 0 aromatic heterocycles. The van der Waals surface area contributed by atoms with Crippen LogP contribution in [-0.2, 0) is 24.6 Å². The SMILES string of the molecule is O=S1(=O)CCCC(OC2=CS(=O)(=O)N=C2)C1. The van der Waals surface area contributed by atoms with Gasteiger partial charge in [-0.2, -0.15) is 12.8 Å². The fraction of sp³-hybridized carbons (Fsp3) is 0.625. The number of hydrogen-bond donors (Lipinski definition) is 0. The third kappa shape index (κ3) is 2.82. The van der Waals surface area contributed by atoms with Crippen LogP contribution in [0.3, 0.4) is 0 Å². The molecule has 2 heterocycles. The van der Waals surface area contributed by atoms with E-state index in [0.717, 1.165) is 11.6 Å². The molecule has 2 rings (SSSR count). The Labute approximate surface area is 94.0 Å². The molecule has 1 fully saturated rings. The Balaban J connectivity index is 2.05. The first-order chi connectivity index (χ1) is 7.36. The largest absolute Gasteiger partial charge is 0.487 e. The van der Waals surface area contributed by atoms with Gasteiger partial charge < -0.3 is 4.74 Å². The number of rotatable bonds is 2. The number of ether oxygens (including phenoxy) is 1. The zero-order chi connectivity index (χ0) is 11.8.